The number of hydrogen-bond acceptors (Lipinski definition) is 3. The number of pyridine rings is 1. The van der Waals surface area contributed by atoms with Crippen molar-refractivity contribution in [2.45, 2.75) is 18.9 Å². The van der Waals surface area contributed by atoms with Crippen LogP contribution in [0.15, 0.2) is 24.5 Å². The van der Waals surface area contributed by atoms with Gasteiger partial charge in [-0.1, -0.05) is 0 Å². The van der Waals surface area contributed by atoms with Crippen LogP contribution in [0.3, 0.4) is 0 Å². The number of aromatic nitrogens is 1. The zero-order valence-electron chi connectivity index (χ0n) is 8.61. The summed E-state index contributed by atoms with van der Waals surface area (Å²) in [6.07, 6.45) is 6.33. The average molecular weight is 191 g/mol. The Kier molecular flexibility index (Phi) is 2.99. The Hall–Kier alpha value is -1.09. The van der Waals surface area contributed by atoms with Crippen molar-refractivity contribution in [2.75, 3.05) is 25.0 Å². The molecule has 1 aliphatic rings. The van der Waals surface area contributed by atoms with Crippen molar-refractivity contribution in [1.29, 1.82) is 0 Å². The van der Waals surface area contributed by atoms with Gasteiger partial charge in [0.1, 0.15) is 0 Å². The van der Waals surface area contributed by atoms with E-state index in [0.29, 0.717) is 6.04 Å². The first-order valence-electron chi connectivity index (χ1n) is 5.21. The monoisotopic (exact) mass is 191 g/mol. The summed E-state index contributed by atoms with van der Waals surface area (Å²) in [5.41, 5.74) is 1.20. The summed E-state index contributed by atoms with van der Waals surface area (Å²) in [5, 5.41) is 3.50. The van der Waals surface area contributed by atoms with E-state index >= 15 is 0 Å². The van der Waals surface area contributed by atoms with Crippen LogP contribution in [0.5, 0.6) is 0 Å². The van der Waals surface area contributed by atoms with E-state index in [1.807, 2.05) is 18.5 Å². The first kappa shape index (κ1) is 9.46. The molecule has 1 aromatic rings. The molecular weight excluding hydrogens is 174 g/mol. The number of nitrogens with zero attached hydrogens (tertiary/aromatic N) is 2. The van der Waals surface area contributed by atoms with E-state index in [4.69, 9.17) is 0 Å². The molecule has 1 N–H and O–H groups in total. The topological polar surface area (TPSA) is 28.2 Å². The number of anilines is 1. The Morgan fingerprint density at radius 2 is 2.57 bits per heavy atom. The van der Waals surface area contributed by atoms with Crippen LogP contribution in [-0.2, 0) is 0 Å². The average Bonchev–Trinajstić information content (AvgIpc) is 2.72. The first-order valence-corrected chi connectivity index (χ1v) is 5.21. The zero-order chi connectivity index (χ0) is 9.80. The van der Waals surface area contributed by atoms with Crippen LogP contribution < -0.4 is 10.2 Å². The van der Waals surface area contributed by atoms with E-state index in [1.165, 1.54) is 25.1 Å². The second-order valence-corrected chi connectivity index (χ2v) is 3.89. The van der Waals surface area contributed by atoms with Crippen LogP contribution in [0.1, 0.15) is 12.8 Å². The minimum Gasteiger partial charge on any atom is -0.372 e. The minimum absolute atomic E-state index is 0.653. The van der Waals surface area contributed by atoms with Gasteiger partial charge < -0.3 is 10.2 Å². The van der Waals surface area contributed by atoms with Crippen molar-refractivity contribution in [1.82, 2.24) is 10.3 Å². The van der Waals surface area contributed by atoms with Crippen molar-refractivity contribution in [3.8, 4) is 0 Å². The predicted molar refractivity (Wildman–Crippen MR) is 58.5 cm³/mol. The standard InChI is InChI=1S/C11H17N3/c1-14(9-10-4-2-7-13-10)11-5-3-6-12-8-11/h3,5-6,8,10,13H,2,4,7,9H2,1H3/t10-/m0/s1. The molecule has 14 heavy (non-hydrogen) atoms. The summed E-state index contributed by atoms with van der Waals surface area (Å²) in [6, 6.07) is 4.73. The Bertz CT molecular complexity index is 267. The van der Waals surface area contributed by atoms with Crippen molar-refractivity contribution in [3.63, 3.8) is 0 Å². The quantitative estimate of drug-likeness (QED) is 0.780. The van der Waals surface area contributed by atoms with Crippen molar-refractivity contribution in [3.05, 3.63) is 24.5 Å². The Balaban J connectivity index is 1.92. The summed E-state index contributed by atoms with van der Waals surface area (Å²) in [5.74, 6) is 0. The zero-order valence-corrected chi connectivity index (χ0v) is 8.61. The highest BCUT2D eigenvalue weighted by atomic mass is 15.1. The summed E-state index contributed by atoms with van der Waals surface area (Å²) < 4.78 is 0. The van der Waals surface area contributed by atoms with E-state index in [0.717, 1.165) is 6.54 Å². The molecule has 0 amide bonds. The fraction of sp³-hybridized carbons (Fsp3) is 0.545. The van der Waals surface area contributed by atoms with Gasteiger partial charge in [0.2, 0.25) is 0 Å². The third-order valence-corrected chi connectivity index (χ3v) is 2.74. The second-order valence-electron chi connectivity index (χ2n) is 3.89. The Morgan fingerprint density at radius 1 is 1.64 bits per heavy atom. The van der Waals surface area contributed by atoms with Crippen molar-refractivity contribution >= 4 is 5.69 Å². The van der Waals surface area contributed by atoms with Gasteiger partial charge in [-0.15, -0.1) is 0 Å². The molecule has 2 heterocycles. The summed E-state index contributed by atoms with van der Waals surface area (Å²) >= 11 is 0. The van der Waals surface area contributed by atoms with Gasteiger partial charge in [-0.3, -0.25) is 4.98 Å². The lowest BCUT2D eigenvalue weighted by molar-refractivity contribution is 0.599. The second kappa shape index (κ2) is 4.42. The fourth-order valence-electron chi connectivity index (χ4n) is 1.93. The van der Waals surface area contributed by atoms with Crippen LogP contribution >= 0.6 is 0 Å². The number of nitrogens with one attached hydrogen (secondary N) is 1. The largest absolute Gasteiger partial charge is 0.372 e. The van der Waals surface area contributed by atoms with Gasteiger partial charge in [-0.25, -0.2) is 0 Å². The van der Waals surface area contributed by atoms with E-state index in [1.54, 1.807) is 0 Å². The molecule has 76 valence electrons. The molecule has 1 aromatic heterocycles. The Morgan fingerprint density at radius 3 is 3.21 bits per heavy atom. The Labute approximate surface area is 85.1 Å². The summed E-state index contributed by atoms with van der Waals surface area (Å²) in [6.45, 7) is 2.25. The molecular formula is C11H17N3. The fourth-order valence-corrected chi connectivity index (χ4v) is 1.93. The molecule has 0 bridgehead atoms. The van der Waals surface area contributed by atoms with Gasteiger partial charge in [0, 0.05) is 25.8 Å². The molecule has 0 saturated carbocycles. The summed E-state index contributed by atoms with van der Waals surface area (Å²) in [4.78, 5) is 6.38. The number of rotatable bonds is 3. The molecule has 1 fully saturated rings. The van der Waals surface area contributed by atoms with Gasteiger partial charge >= 0.3 is 0 Å². The maximum absolute atomic E-state index is 4.12. The maximum atomic E-state index is 4.12. The van der Waals surface area contributed by atoms with Crippen molar-refractivity contribution in [2.24, 2.45) is 0 Å². The molecule has 2 rings (SSSR count). The number of hydrogen-bond donors (Lipinski definition) is 1. The predicted octanol–water partition coefficient (Wildman–Crippen LogP) is 1.27. The highest BCUT2D eigenvalue weighted by Crippen LogP contribution is 2.12. The molecule has 0 radical (unpaired) electrons. The molecule has 0 spiro atoms. The maximum Gasteiger partial charge on any atom is 0.0550 e. The van der Waals surface area contributed by atoms with Crippen LogP contribution in [0.2, 0.25) is 0 Å². The lowest BCUT2D eigenvalue weighted by Crippen LogP contribution is -2.35. The molecule has 3 nitrogen and oxygen atoms in total. The molecule has 0 unspecified atom stereocenters. The van der Waals surface area contributed by atoms with E-state index < -0.39 is 0 Å². The molecule has 0 aromatic carbocycles. The third-order valence-electron chi connectivity index (χ3n) is 2.74. The van der Waals surface area contributed by atoms with E-state index in [2.05, 4.69) is 28.3 Å². The normalized spacial score (nSPS) is 21.1. The lowest BCUT2D eigenvalue weighted by Gasteiger charge is -2.22. The minimum atomic E-state index is 0.653. The molecule has 0 aliphatic carbocycles. The van der Waals surface area contributed by atoms with E-state index in [9.17, 15) is 0 Å². The van der Waals surface area contributed by atoms with Crippen molar-refractivity contribution < 1.29 is 0 Å². The van der Waals surface area contributed by atoms with E-state index in [-0.39, 0.29) is 0 Å². The summed E-state index contributed by atoms with van der Waals surface area (Å²) in [7, 11) is 2.12. The highest BCUT2D eigenvalue weighted by molar-refractivity contribution is 5.42. The van der Waals surface area contributed by atoms with Gasteiger partial charge in [-0.05, 0) is 31.5 Å². The SMILES string of the molecule is CN(C[C@@H]1CCCN1)c1cccnc1. The van der Waals surface area contributed by atoms with Crippen LogP contribution in [0.25, 0.3) is 0 Å². The van der Waals surface area contributed by atoms with Crippen LogP contribution in [-0.4, -0.2) is 31.2 Å². The lowest BCUT2D eigenvalue weighted by atomic mass is 10.2. The van der Waals surface area contributed by atoms with Gasteiger partial charge in [0.05, 0.1) is 11.9 Å². The highest BCUT2D eigenvalue weighted by Gasteiger charge is 2.15. The number of likely N-dealkylation sites (N-methyl/N-ethyl adjacent to an activating group) is 1. The smallest absolute Gasteiger partial charge is 0.0550 e. The molecule has 3 heteroatoms. The molecule has 1 aliphatic heterocycles. The molecule has 1 atom stereocenters. The third kappa shape index (κ3) is 2.23. The molecule has 1 saturated heterocycles. The van der Waals surface area contributed by atoms with Gasteiger partial charge in [-0.2, -0.15) is 0 Å². The van der Waals surface area contributed by atoms with Gasteiger partial charge in [0.25, 0.3) is 0 Å². The van der Waals surface area contributed by atoms with Crippen LogP contribution in [0.4, 0.5) is 5.69 Å². The first-order chi connectivity index (χ1) is 6.86. The van der Waals surface area contributed by atoms with Crippen LogP contribution in [0, 0.1) is 0 Å². The van der Waals surface area contributed by atoms with Gasteiger partial charge in [0.15, 0.2) is 0 Å².